The molecule has 0 spiro atoms. The fourth-order valence-corrected chi connectivity index (χ4v) is 4.28. The number of aromatic nitrogens is 5. The minimum atomic E-state index is -0.249. The molecule has 0 aliphatic heterocycles. The zero-order valence-corrected chi connectivity index (χ0v) is 17.4. The highest BCUT2D eigenvalue weighted by atomic mass is 32.2. The quantitative estimate of drug-likeness (QED) is 0.352. The Labute approximate surface area is 170 Å². The normalized spacial score (nSPS) is 11.4. The number of para-hydroxylation sites is 1. The van der Waals surface area contributed by atoms with Gasteiger partial charge in [-0.1, -0.05) is 23.9 Å². The Bertz CT molecular complexity index is 1140. The topological polar surface area (TPSA) is 82.3 Å². The van der Waals surface area contributed by atoms with Gasteiger partial charge in [-0.25, -0.2) is 14.5 Å². The Balaban J connectivity index is 1.41. The molecule has 0 amide bonds. The summed E-state index contributed by atoms with van der Waals surface area (Å²) in [6, 6.07) is 7.89. The zero-order valence-electron chi connectivity index (χ0n) is 15.8. The average molecular weight is 414 g/mol. The predicted molar refractivity (Wildman–Crippen MR) is 110 cm³/mol. The Morgan fingerprint density at radius 3 is 2.82 bits per heavy atom. The number of carbonyl (C=O) groups excluding carboxylic acids is 1. The first kappa shape index (κ1) is 18.8. The van der Waals surface area contributed by atoms with Crippen molar-refractivity contribution in [2.24, 2.45) is 0 Å². The van der Waals surface area contributed by atoms with Crippen molar-refractivity contribution in [3.05, 3.63) is 46.2 Å². The smallest absolute Gasteiger partial charge is 0.306 e. The van der Waals surface area contributed by atoms with Gasteiger partial charge in [0.25, 0.3) is 5.78 Å². The monoisotopic (exact) mass is 413 g/mol. The molecule has 7 nitrogen and oxygen atoms in total. The maximum Gasteiger partial charge on any atom is 0.306 e. The summed E-state index contributed by atoms with van der Waals surface area (Å²) in [5.74, 6) is 0.336. The first-order valence-electron chi connectivity index (χ1n) is 8.82. The standard InChI is InChI=1S/C19H19N5O2S2/c1-11-13(12(2)24-18(20-11)22-19(23-24)27-3)8-9-17(25)26-10-16-21-14-6-4-5-7-15(14)28-16/h4-7H,8-10H2,1-3H3. The molecular formula is C19H19N5O2S2. The van der Waals surface area contributed by atoms with Crippen LogP contribution in [0.15, 0.2) is 29.4 Å². The lowest BCUT2D eigenvalue weighted by molar-refractivity contribution is -0.144. The van der Waals surface area contributed by atoms with Crippen LogP contribution >= 0.6 is 23.1 Å². The molecular weight excluding hydrogens is 394 g/mol. The fourth-order valence-electron chi connectivity index (χ4n) is 3.06. The third kappa shape index (κ3) is 3.72. The van der Waals surface area contributed by atoms with Crippen molar-refractivity contribution in [1.82, 2.24) is 24.6 Å². The number of thiazole rings is 1. The molecule has 0 N–H and O–H groups in total. The van der Waals surface area contributed by atoms with Crippen molar-refractivity contribution in [3.63, 3.8) is 0 Å². The van der Waals surface area contributed by atoms with Gasteiger partial charge in [-0.15, -0.1) is 16.4 Å². The van der Waals surface area contributed by atoms with E-state index in [1.807, 2.05) is 44.4 Å². The highest BCUT2D eigenvalue weighted by Gasteiger charge is 2.15. The van der Waals surface area contributed by atoms with Gasteiger partial charge in [0.15, 0.2) is 0 Å². The molecule has 0 atom stereocenters. The van der Waals surface area contributed by atoms with E-state index in [2.05, 4.69) is 20.1 Å². The van der Waals surface area contributed by atoms with Crippen LogP contribution in [0.1, 0.15) is 28.4 Å². The van der Waals surface area contributed by atoms with E-state index in [1.54, 1.807) is 15.9 Å². The molecule has 3 aromatic heterocycles. The minimum Gasteiger partial charge on any atom is -0.458 e. The second-order valence-corrected chi connectivity index (χ2v) is 8.20. The molecule has 4 aromatic rings. The molecule has 4 rings (SSSR count). The number of nitrogens with zero attached hydrogens (tertiary/aromatic N) is 5. The SMILES string of the molecule is CSc1nc2nc(C)c(CCC(=O)OCc3nc4ccccc4s3)c(C)n2n1. The third-order valence-corrected chi connectivity index (χ3v) is 6.03. The van der Waals surface area contributed by atoms with Crippen molar-refractivity contribution < 1.29 is 9.53 Å². The van der Waals surface area contributed by atoms with E-state index in [1.165, 1.54) is 11.8 Å². The summed E-state index contributed by atoms with van der Waals surface area (Å²) in [5, 5.41) is 5.93. The van der Waals surface area contributed by atoms with Crippen LogP contribution in [-0.4, -0.2) is 36.8 Å². The number of rotatable bonds is 6. The Kier molecular flexibility index (Phi) is 5.27. The van der Waals surface area contributed by atoms with Gasteiger partial charge in [0.05, 0.1) is 10.2 Å². The van der Waals surface area contributed by atoms with E-state index in [4.69, 9.17) is 4.74 Å². The van der Waals surface area contributed by atoms with Gasteiger partial charge in [-0.2, -0.15) is 4.98 Å². The third-order valence-electron chi connectivity index (χ3n) is 4.49. The molecule has 0 aliphatic carbocycles. The number of hydrogen-bond donors (Lipinski definition) is 0. The number of fused-ring (bicyclic) bond motifs is 2. The number of thioether (sulfide) groups is 1. The van der Waals surface area contributed by atoms with Gasteiger partial charge in [-0.3, -0.25) is 4.79 Å². The van der Waals surface area contributed by atoms with E-state index >= 15 is 0 Å². The molecule has 0 aliphatic rings. The van der Waals surface area contributed by atoms with Crippen molar-refractivity contribution >= 4 is 45.1 Å². The van der Waals surface area contributed by atoms with Gasteiger partial charge in [0.1, 0.15) is 11.6 Å². The maximum absolute atomic E-state index is 12.2. The van der Waals surface area contributed by atoms with Gasteiger partial charge in [0, 0.05) is 17.8 Å². The highest BCUT2D eigenvalue weighted by Crippen LogP contribution is 2.22. The molecule has 0 saturated carbocycles. The largest absolute Gasteiger partial charge is 0.458 e. The minimum absolute atomic E-state index is 0.202. The van der Waals surface area contributed by atoms with Gasteiger partial charge in [-0.05, 0) is 44.2 Å². The highest BCUT2D eigenvalue weighted by molar-refractivity contribution is 7.98. The summed E-state index contributed by atoms with van der Waals surface area (Å²) >= 11 is 3.02. The summed E-state index contributed by atoms with van der Waals surface area (Å²) in [6.45, 7) is 4.11. The second kappa shape index (κ2) is 7.84. The molecule has 3 heterocycles. The molecule has 9 heteroatoms. The molecule has 144 valence electrons. The number of esters is 1. The van der Waals surface area contributed by atoms with Crippen molar-refractivity contribution in [2.75, 3.05) is 6.26 Å². The first-order chi connectivity index (χ1) is 13.5. The molecule has 28 heavy (non-hydrogen) atoms. The molecule has 0 fully saturated rings. The molecule has 0 unspecified atom stereocenters. The number of benzene rings is 1. The lowest BCUT2D eigenvalue weighted by atomic mass is 10.1. The number of aryl methyl sites for hydroxylation is 2. The average Bonchev–Trinajstić information content (AvgIpc) is 3.29. The van der Waals surface area contributed by atoms with E-state index in [0.717, 1.165) is 32.2 Å². The molecule has 0 saturated heterocycles. The van der Waals surface area contributed by atoms with Crippen LogP contribution in [0.25, 0.3) is 16.0 Å². The Hall–Kier alpha value is -2.52. The molecule has 1 aromatic carbocycles. The van der Waals surface area contributed by atoms with Crippen LogP contribution < -0.4 is 0 Å². The second-order valence-electron chi connectivity index (χ2n) is 6.31. The molecule has 0 bridgehead atoms. The van der Waals surface area contributed by atoms with Crippen LogP contribution in [0.3, 0.4) is 0 Å². The number of hydrogen-bond acceptors (Lipinski definition) is 8. The summed E-state index contributed by atoms with van der Waals surface area (Å²) in [4.78, 5) is 25.6. The summed E-state index contributed by atoms with van der Waals surface area (Å²) in [6.07, 6.45) is 2.76. The van der Waals surface area contributed by atoms with Crippen LogP contribution in [0.2, 0.25) is 0 Å². The Morgan fingerprint density at radius 1 is 1.21 bits per heavy atom. The predicted octanol–water partition coefficient (Wildman–Crippen LogP) is 3.75. The van der Waals surface area contributed by atoms with Crippen LogP contribution in [0.5, 0.6) is 0 Å². The summed E-state index contributed by atoms with van der Waals surface area (Å²) < 4.78 is 8.25. The first-order valence-corrected chi connectivity index (χ1v) is 10.9. The van der Waals surface area contributed by atoms with Crippen molar-refractivity contribution in [1.29, 1.82) is 0 Å². The van der Waals surface area contributed by atoms with Crippen LogP contribution in [-0.2, 0) is 22.6 Å². The molecule has 0 radical (unpaired) electrons. The van der Waals surface area contributed by atoms with Gasteiger partial charge in [0.2, 0.25) is 5.16 Å². The fraction of sp³-hybridized carbons (Fsp3) is 0.316. The zero-order chi connectivity index (χ0) is 19.7. The maximum atomic E-state index is 12.2. The number of ether oxygens (including phenoxy) is 1. The van der Waals surface area contributed by atoms with Gasteiger partial charge >= 0.3 is 5.97 Å². The lowest BCUT2D eigenvalue weighted by Gasteiger charge is -2.10. The Morgan fingerprint density at radius 2 is 2.04 bits per heavy atom. The van der Waals surface area contributed by atoms with Crippen LogP contribution in [0.4, 0.5) is 0 Å². The van der Waals surface area contributed by atoms with E-state index in [9.17, 15) is 4.79 Å². The van der Waals surface area contributed by atoms with Crippen molar-refractivity contribution in [3.8, 4) is 0 Å². The van der Waals surface area contributed by atoms with Gasteiger partial charge < -0.3 is 4.74 Å². The summed E-state index contributed by atoms with van der Waals surface area (Å²) in [5.41, 5.74) is 3.75. The van der Waals surface area contributed by atoms with Crippen molar-refractivity contribution in [2.45, 2.75) is 38.5 Å². The van der Waals surface area contributed by atoms with E-state index in [-0.39, 0.29) is 19.0 Å². The van der Waals surface area contributed by atoms with E-state index < -0.39 is 0 Å². The summed E-state index contributed by atoms with van der Waals surface area (Å²) in [7, 11) is 0. The number of carbonyl (C=O) groups is 1. The van der Waals surface area contributed by atoms with E-state index in [0.29, 0.717) is 17.4 Å². The van der Waals surface area contributed by atoms with Crippen LogP contribution in [0, 0.1) is 13.8 Å². The lowest BCUT2D eigenvalue weighted by Crippen LogP contribution is -2.10.